The normalized spacial score (nSPS) is 17.8. The summed E-state index contributed by atoms with van der Waals surface area (Å²) in [6, 6.07) is 12.5. The zero-order valence-corrected chi connectivity index (χ0v) is 15.3. The lowest BCUT2D eigenvalue weighted by Crippen LogP contribution is -2.25. The number of ether oxygens (including phenoxy) is 2. The number of primary amides is 1. The first-order valence-electron chi connectivity index (χ1n) is 8.64. The Kier molecular flexibility index (Phi) is 4.46. The molecule has 1 unspecified atom stereocenters. The second-order valence-corrected chi connectivity index (χ2v) is 7.31. The molecule has 4 nitrogen and oxygen atoms in total. The van der Waals surface area contributed by atoms with E-state index in [-0.39, 0.29) is 11.5 Å². The van der Waals surface area contributed by atoms with Gasteiger partial charge in [-0.25, -0.2) is 4.79 Å². The Balaban J connectivity index is 1.97. The molecule has 0 aromatic heterocycles. The SMILES string of the molecule is CCOc1ccc(-c2ccc3c(c2)CC(C)(C)C3OC(N)=O)c(C)c1. The highest BCUT2D eigenvalue weighted by Gasteiger charge is 2.41. The zero-order valence-electron chi connectivity index (χ0n) is 15.3. The molecule has 0 saturated carbocycles. The number of hydrogen-bond donors (Lipinski definition) is 1. The van der Waals surface area contributed by atoms with Gasteiger partial charge in [-0.15, -0.1) is 0 Å². The maximum Gasteiger partial charge on any atom is 0.405 e. The molecule has 0 saturated heterocycles. The maximum absolute atomic E-state index is 11.3. The molecule has 0 fully saturated rings. The van der Waals surface area contributed by atoms with Crippen LogP contribution in [0, 0.1) is 12.3 Å². The molecule has 0 spiro atoms. The molecule has 0 radical (unpaired) electrons. The summed E-state index contributed by atoms with van der Waals surface area (Å²) in [5, 5.41) is 0. The van der Waals surface area contributed by atoms with E-state index in [0.29, 0.717) is 6.61 Å². The van der Waals surface area contributed by atoms with Crippen molar-refractivity contribution in [2.45, 2.75) is 40.2 Å². The number of hydrogen-bond acceptors (Lipinski definition) is 3. The van der Waals surface area contributed by atoms with Crippen LogP contribution in [0.4, 0.5) is 4.79 Å². The van der Waals surface area contributed by atoms with Gasteiger partial charge < -0.3 is 15.2 Å². The number of amides is 1. The largest absolute Gasteiger partial charge is 0.494 e. The van der Waals surface area contributed by atoms with Gasteiger partial charge in [-0.05, 0) is 60.2 Å². The maximum atomic E-state index is 11.3. The van der Waals surface area contributed by atoms with Crippen LogP contribution in [-0.4, -0.2) is 12.7 Å². The number of benzene rings is 2. The molecular formula is C21H25NO3. The monoisotopic (exact) mass is 339 g/mol. The molecule has 2 aromatic rings. The van der Waals surface area contributed by atoms with Crippen LogP contribution in [0.15, 0.2) is 36.4 Å². The molecule has 0 aliphatic heterocycles. The van der Waals surface area contributed by atoms with Crippen LogP contribution in [0.5, 0.6) is 5.75 Å². The fourth-order valence-electron chi connectivity index (χ4n) is 3.74. The Bertz CT molecular complexity index is 811. The standard InChI is InChI=1S/C21H25NO3/c1-5-24-16-7-9-17(13(2)10-16)14-6-8-18-15(11-14)12-21(3,4)19(18)25-20(22)23/h6-11,19H,5,12H2,1-4H3,(H2,22,23). The van der Waals surface area contributed by atoms with E-state index in [9.17, 15) is 4.79 Å². The molecule has 2 N–H and O–H groups in total. The molecule has 1 atom stereocenters. The summed E-state index contributed by atoms with van der Waals surface area (Å²) in [4.78, 5) is 11.3. The van der Waals surface area contributed by atoms with Crippen molar-refractivity contribution in [2.75, 3.05) is 6.61 Å². The third-order valence-corrected chi connectivity index (χ3v) is 4.84. The van der Waals surface area contributed by atoms with Gasteiger partial charge in [0, 0.05) is 5.41 Å². The number of carbonyl (C=O) groups is 1. The van der Waals surface area contributed by atoms with Gasteiger partial charge in [-0.1, -0.05) is 38.1 Å². The van der Waals surface area contributed by atoms with Gasteiger partial charge in [0.05, 0.1) is 6.61 Å². The van der Waals surface area contributed by atoms with Crippen LogP contribution in [0.2, 0.25) is 0 Å². The summed E-state index contributed by atoms with van der Waals surface area (Å²) in [5.74, 6) is 0.890. The van der Waals surface area contributed by atoms with E-state index in [2.05, 4.69) is 51.1 Å². The minimum absolute atomic E-state index is 0.163. The van der Waals surface area contributed by atoms with Gasteiger partial charge in [0.1, 0.15) is 11.9 Å². The fourth-order valence-corrected chi connectivity index (χ4v) is 3.74. The van der Waals surface area contributed by atoms with Crippen LogP contribution in [0.3, 0.4) is 0 Å². The molecule has 1 amide bonds. The molecule has 2 aromatic carbocycles. The summed E-state index contributed by atoms with van der Waals surface area (Å²) >= 11 is 0. The Morgan fingerprint density at radius 1 is 1.24 bits per heavy atom. The van der Waals surface area contributed by atoms with E-state index in [1.165, 1.54) is 16.7 Å². The lowest BCUT2D eigenvalue weighted by molar-refractivity contribution is 0.0392. The van der Waals surface area contributed by atoms with Crippen LogP contribution in [-0.2, 0) is 11.2 Å². The molecule has 1 aliphatic carbocycles. The number of fused-ring (bicyclic) bond motifs is 1. The van der Waals surface area contributed by atoms with E-state index in [1.807, 2.05) is 13.0 Å². The van der Waals surface area contributed by atoms with Crippen LogP contribution in [0.25, 0.3) is 11.1 Å². The van der Waals surface area contributed by atoms with Gasteiger partial charge in [0.15, 0.2) is 0 Å². The second kappa shape index (κ2) is 6.43. The minimum atomic E-state index is -0.725. The summed E-state index contributed by atoms with van der Waals surface area (Å²) < 4.78 is 11.0. The van der Waals surface area contributed by atoms with Crippen LogP contribution >= 0.6 is 0 Å². The minimum Gasteiger partial charge on any atom is -0.494 e. The molecule has 4 heteroatoms. The van der Waals surface area contributed by atoms with Gasteiger partial charge in [0.25, 0.3) is 0 Å². The topological polar surface area (TPSA) is 61.6 Å². The summed E-state index contributed by atoms with van der Waals surface area (Å²) in [5.41, 5.74) is 10.9. The first kappa shape index (κ1) is 17.3. The van der Waals surface area contributed by atoms with Gasteiger partial charge in [-0.3, -0.25) is 0 Å². The lowest BCUT2D eigenvalue weighted by Gasteiger charge is -2.26. The molecule has 3 rings (SSSR count). The van der Waals surface area contributed by atoms with Crippen molar-refractivity contribution in [1.29, 1.82) is 0 Å². The number of aryl methyl sites for hydroxylation is 1. The van der Waals surface area contributed by atoms with Gasteiger partial charge in [0.2, 0.25) is 0 Å². The summed E-state index contributed by atoms with van der Waals surface area (Å²) in [6.45, 7) is 8.93. The average molecular weight is 339 g/mol. The highest BCUT2D eigenvalue weighted by molar-refractivity contribution is 5.70. The highest BCUT2D eigenvalue weighted by atomic mass is 16.6. The molecular weight excluding hydrogens is 314 g/mol. The van der Waals surface area contributed by atoms with Crippen molar-refractivity contribution in [3.63, 3.8) is 0 Å². The Hall–Kier alpha value is -2.49. The summed E-state index contributed by atoms with van der Waals surface area (Å²) in [7, 11) is 0. The van der Waals surface area contributed by atoms with Crippen LogP contribution < -0.4 is 10.5 Å². The van der Waals surface area contributed by atoms with Crippen molar-refractivity contribution in [2.24, 2.45) is 11.1 Å². The zero-order chi connectivity index (χ0) is 18.2. The molecule has 25 heavy (non-hydrogen) atoms. The van der Waals surface area contributed by atoms with E-state index >= 15 is 0 Å². The van der Waals surface area contributed by atoms with Crippen molar-refractivity contribution >= 4 is 6.09 Å². The third kappa shape index (κ3) is 3.34. The molecule has 0 heterocycles. The van der Waals surface area contributed by atoms with E-state index in [4.69, 9.17) is 15.2 Å². The average Bonchev–Trinajstić information content (AvgIpc) is 2.77. The first-order valence-corrected chi connectivity index (χ1v) is 8.64. The van der Waals surface area contributed by atoms with Crippen molar-refractivity contribution in [1.82, 2.24) is 0 Å². The van der Waals surface area contributed by atoms with Gasteiger partial charge in [-0.2, -0.15) is 0 Å². The van der Waals surface area contributed by atoms with Gasteiger partial charge >= 0.3 is 6.09 Å². The third-order valence-electron chi connectivity index (χ3n) is 4.84. The molecule has 132 valence electrons. The predicted molar refractivity (Wildman–Crippen MR) is 98.7 cm³/mol. The number of nitrogens with two attached hydrogens (primary N) is 1. The number of carbonyl (C=O) groups excluding carboxylic acids is 1. The van der Waals surface area contributed by atoms with Crippen molar-refractivity contribution in [3.8, 4) is 16.9 Å². The van der Waals surface area contributed by atoms with E-state index in [0.717, 1.165) is 23.3 Å². The lowest BCUT2D eigenvalue weighted by atomic mass is 9.87. The van der Waals surface area contributed by atoms with Crippen molar-refractivity contribution in [3.05, 3.63) is 53.1 Å². The Morgan fingerprint density at radius 3 is 2.64 bits per heavy atom. The van der Waals surface area contributed by atoms with E-state index in [1.54, 1.807) is 0 Å². The molecule has 1 aliphatic rings. The second-order valence-electron chi connectivity index (χ2n) is 7.31. The number of rotatable bonds is 4. The fraction of sp³-hybridized carbons (Fsp3) is 0.381. The highest BCUT2D eigenvalue weighted by Crippen LogP contribution is 2.48. The first-order chi connectivity index (χ1) is 11.8. The Morgan fingerprint density at radius 2 is 2.00 bits per heavy atom. The van der Waals surface area contributed by atoms with Crippen molar-refractivity contribution < 1.29 is 14.3 Å². The smallest absolute Gasteiger partial charge is 0.405 e. The summed E-state index contributed by atoms with van der Waals surface area (Å²) in [6.07, 6.45) is -0.169. The predicted octanol–water partition coefficient (Wildman–Crippen LogP) is 4.78. The van der Waals surface area contributed by atoms with E-state index < -0.39 is 6.09 Å². The van der Waals surface area contributed by atoms with Crippen LogP contribution in [0.1, 0.15) is 43.6 Å². The quantitative estimate of drug-likeness (QED) is 0.872. The molecule has 0 bridgehead atoms. The Labute approximate surface area is 148 Å².